The highest BCUT2D eigenvalue weighted by Crippen LogP contribution is 2.00. The summed E-state index contributed by atoms with van der Waals surface area (Å²) in [5, 5.41) is 0. The van der Waals surface area contributed by atoms with E-state index in [1.807, 2.05) is 17.8 Å². The van der Waals surface area contributed by atoms with Crippen LogP contribution in [0.2, 0.25) is 0 Å². The Hall–Kier alpha value is -1.16. The maximum Gasteiger partial charge on any atom is 0.140 e. The number of hydrogen-bond donors (Lipinski definition) is 0. The Labute approximate surface area is 83.9 Å². The molecule has 0 unspecified atom stereocenters. The van der Waals surface area contributed by atoms with E-state index in [4.69, 9.17) is 4.74 Å². The fraction of sp³-hybridized carbons (Fsp3) is 0.600. The highest BCUT2D eigenvalue weighted by molar-refractivity contribution is 5.80. The summed E-state index contributed by atoms with van der Waals surface area (Å²) in [6.45, 7) is 0.645. The van der Waals surface area contributed by atoms with E-state index < -0.39 is 0 Å². The molecule has 0 aromatic carbocycles. The van der Waals surface area contributed by atoms with Crippen molar-refractivity contribution in [3.63, 3.8) is 0 Å². The second-order valence-electron chi connectivity index (χ2n) is 3.27. The molecule has 0 aliphatic heterocycles. The van der Waals surface area contributed by atoms with Crippen LogP contribution in [-0.4, -0.2) is 29.1 Å². The van der Waals surface area contributed by atoms with Crippen LogP contribution >= 0.6 is 0 Å². The standard InChI is InChI=1S/C10H16N2O2/c1-12-6-5-11-10(12)8-9(13)4-3-7-14-2/h5-6H,3-4,7-8H2,1-2H3. The number of rotatable bonds is 6. The van der Waals surface area contributed by atoms with Crippen LogP contribution in [-0.2, 0) is 23.0 Å². The zero-order chi connectivity index (χ0) is 10.4. The summed E-state index contributed by atoms with van der Waals surface area (Å²) in [6, 6.07) is 0. The molecule has 1 aromatic rings. The normalized spacial score (nSPS) is 10.4. The lowest BCUT2D eigenvalue weighted by atomic mass is 10.1. The molecule has 0 aliphatic rings. The Balaban J connectivity index is 2.31. The van der Waals surface area contributed by atoms with Gasteiger partial charge in [0.1, 0.15) is 11.6 Å². The molecule has 1 aromatic heterocycles. The largest absolute Gasteiger partial charge is 0.385 e. The van der Waals surface area contributed by atoms with Crippen LogP contribution < -0.4 is 0 Å². The lowest BCUT2D eigenvalue weighted by Crippen LogP contribution is -2.08. The molecule has 1 heterocycles. The molecule has 14 heavy (non-hydrogen) atoms. The van der Waals surface area contributed by atoms with Crippen molar-refractivity contribution in [3.05, 3.63) is 18.2 Å². The van der Waals surface area contributed by atoms with Gasteiger partial charge >= 0.3 is 0 Å². The lowest BCUT2D eigenvalue weighted by Gasteiger charge is -2.01. The van der Waals surface area contributed by atoms with Gasteiger partial charge in [-0.15, -0.1) is 0 Å². The molecule has 0 bridgehead atoms. The van der Waals surface area contributed by atoms with Gasteiger partial charge < -0.3 is 9.30 Å². The van der Waals surface area contributed by atoms with E-state index >= 15 is 0 Å². The Bertz CT molecular complexity index is 294. The van der Waals surface area contributed by atoms with E-state index in [1.54, 1.807) is 13.3 Å². The monoisotopic (exact) mass is 196 g/mol. The van der Waals surface area contributed by atoms with Gasteiger partial charge in [0.15, 0.2) is 0 Å². The third-order valence-corrected chi connectivity index (χ3v) is 2.08. The van der Waals surface area contributed by atoms with Crippen molar-refractivity contribution in [2.75, 3.05) is 13.7 Å². The molecule has 0 amide bonds. The van der Waals surface area contributed by atoms with Gasteiger partial charge in [-0.25, -0.2) is 4.98 Å². The van der Waals surface area contributed by atoms with Crippen LogP contribution in [0.4, 0.5) is 0 Å². The van der Waals surface area contributed by atoms with Crippen molar-refractivity contribution in [2.24, 2.45) is 7.05 Å². The molecule has 1 rings (SSSR count). The molecular weight excluding hydrogens is 180 g/mol. The van der Waals surface area contributed by atoms with Crippen molar-refractivity contribution < 1.29 is 9.53 Å². The van der Waals surface area contributed by atoms with Crippen molar-refractivity contribution in [1.82, 2.24) is 9.55 Å². The number of methoxy groups -OCH3 is 1. The van der Waals surface area contributed by atoms with Gasteiger partial charge in [-0.1, -0.05) is 0 Å². The van der Waals surface area contributed by atoms with E-state index in [0.717, 1.165) is 12.2 Å². The van der Waals surface area contributed by atoms with Crippen LogP contribution in [0.5, 0.6) is 0 Å². The number of carbonyl (C=O) groups excluding carboxylic acids is 1. The first-order valence-corrected chi connectivity index (χ1v) is 4.71. The van der Waals surface area contributed by atoms with E-state index in [1.165, 1.54) is 0 Å². The minimum Gasteiger partial charge on any atom is -0.385 e. The topological polar surface area (TPSA) is 44.1 Å². The van der Waals surface area contributed by atoms with Gasteiger partial charge in [-0.05, 0) is 6.42 Å². The van der Waals surface area contributed by atoms with Crippen LogP contribution in [0.15, 0.2) is 12.4 Å². The van der Waals surface area contributed by atoms with Crippen molar-refractivity contribution >= 4 is 5.78 Å². The second kappa shape index (κ2) is 5.54. The Morgan fingerprint density at radius 1 is 1.64 bits per heavy atom. The Morgan fingerprint density at radius 3 is 3.00 bits per heavy atom. The minimum atomic E-state index is 0.219. The predicted octanol–water partition coefficient (Wildman–Crippen LogP) is 0.958. The minimum absolute atomic E-state index is 0.219. The van der Waals surface area contributed by atoms with Crippen LogP contribution in [0.1, 0.15) is 18.7 Å². The average molecular weight is 196 g/mol. The second-order valence-corrected chi connectivity index (χ2v) is 3.27. The molecule has 0 aliphatic carbocycles. The third kappa shape index (κ3) is 3.30. The smallest absolute Gasteiger partial charge is 0.140 e. The molecule has 0 spiro atoms. The summed E-state index contributed by atoms with van der Waals surface area (Å²) in [7, 11) is 3.54. The van der Waals surface area contributed by atoms with Crippen LogP contribution in [0, 0.1) is 0 Å². The van der Waals surface area contributed by atoms with Crippen LogP contribution in [0.25, 0.3) is 0 Å². The van der Waals surface area contributed by atoms with Crippen molar-refractivity contribution in [3.8, 4) is 0 Å². The van der Waals surface area contributed by atoms with Gasteiger partial charge in [-0.3, -0.25) is 4.79 Å². The van der Waals surface area contributed by atoms with Gasteiger partial charge in [0, 0.05) is 39.6 Å². The maximum absolute atomic E-state index is 11.4. The van der Waals surface area contributed by atoms with E-state index in [9.17, 15) is 4.79 Å². The zero-order valence-corrected chi connectivity index (χ0v) is 8.69. The zero-order valence-electron chi connectivity index (χ0n) is 8.69. The first-order chi connectivity index (χ1) is 6.74. The Kier molecular flexibility index (Phi) is 4.32. The van der Waals surface area contributed by atoms with Crippen molar-refractivity contribution in [2.45, 2.75) is 19.3 Å². The number of ketones is 1. The fourth-order valence-electron chi connectivity index (χ4n) is 1.25. The SMILES string of the molecule is COCCCC(=O)Cc1nccn1C. The first-order valence-electron chi connectivity index (χ1n) is 4.71. The van der Waals surface area contributed by atoms with Crippen LogP contribution in [0.3, 0.4) is 0 Å². The van der Waals surface area contributed by atoms with Gasteiger partial charge in [0.25, 0.3) is 0 Å². The highest BCUT2D eigenvalue weighted by Gasteiger charge is 2.06. The predicted molar refractivity (Wildman–Crippen MR) is 53.0 cm³/mol. The van der Waals surface area contributed by atoms with E-state index in [0.29, 0.717) is 19.4 Å². The highest BCUT2D eigenvalue weighted by atomic mass is 16.5. The molecule has 0 saturated heterocycles. The lowest BCUT2D eigenvalue weighted by molar-refractivity contribution is -0.118. The molecule has 4 nitrogen and oxygen atoms in total. The summed E-state index contributed by atoms with van der Waals surface area (Å²) in [4.78, 5) is 15.5. The number of nitrogens with zero attached hydrogens (tertiary/aromatic N) is 2. The Morgan fingerprint density at radius 2 is 2.43 bits per heavy atom. The molecule has 0 N–H and O–H groups in total. The van der Waals surface area contributed by atoms with Crippen molar-refractivity contribution in [1.29, 1.82) is 0 Å². The van der Waals surface area contributed by atoms with Gasteiger partial charge in [0.05, 0.1) is 6.42 Å². The average Bonchev–Trinajstić information content (AvgIpc) is 2.52. The number of imidazole rings is 1. The molecule has 0 radical (unpaired) electrons. The van der Waals surface area contributed by atoms with Gasteiger partial charge in [0.2, 0.25) is 0 Å². The third-order valence-electron chi connectivity index (χ3n) is 2.08. The molecular formula is C10H16N2O2. The fourth-order valence-corrected chi connectivity index (χ4v) is 1.25. The summed E-state index contributed by atoms with van der Waals surface area (Å²) < 4.78 is 6.75. The summed E-state index contributed by atoms with van der Waals surface area (Å²) in [5.41, 5.74) is 0. The number of aryl methyl sites for hydroxylation is 1. The molecule has 0 saturated carbocycles. The van der Waals surface area contributed by atoms with Gasteiger partial charge in [-0.2, -0.15) is 0 Å². The van der Waals surface area contributed by atoms with E-state index in [-0.39, 0.29) is 5.78 Å². The van der Waals surface area contributed by atoms with E-state index in [2.05, 4.69) is 4.98 Å². The number of Topliss-reactive ketones (excluding diaryl/α,β-unsaturated/α-hetero) is 1. The number of hydrogen-bond acceptors (Lipinski definition) is 3. The first kappa shape index (κ1) is 10.9. The number of ether oxygens (including phenoxy) is 1. The quantitative estimate of drug-likeness (QED) is 0.636. The number of aromatic nitrogens is 2. The molecule has 78 valence electrons. The number of carbonyl (C=O) groups is 1. The molecule has 0 fully saturated rings. The maximum atomic E-state index is 11.4. The summed E-state index contributed by atoms with van der Waals surface area (Å²) in [5.74, 6) is 1.05. The molecule has 0 atom stereocenters. The molecule has 4 heteroatoms. The summed E-state index contributed by atoms with van der Waals surface area (Å²) in [6.07, 6.45) is 5.34. The summed E-state index contributed by atoms with van der Waals surface area (Å²) >= 11 is 0.